The van der Waals surface area contributed by atoms with Crippen molar-refractivity contribution in [2.75, 3.05) is 20.3 Å². The molecule has 1 unspecified atom stereocenters. The summed E-state index contributed by atoms with van der Waals surface area (Å²) in [5, 5.41) is 13.4. The van der Waals surface area contributed by atoms with Gasteiger partial charge in [-0.25, -0.2) is 4.57 Å². The van der Waals surface area contributed by atoms with Crippen molar-refractivity contribution in [1.82, 2.24) is 9.88 Å². The molecule has 0 bridgehead atoms. The molecule has 1 atom stereocenters. The van der Waals surface area contributed by atoms with Crippen LogP contribution < -0.4 is 5.32 Å². The topological polar surface area (TPSA) is 86.4 Å². The van der Waals surface area contributed by atoms with Crippen LogP contribution in [-0.2, 0) is 11.8 Å². The summed E-state index contributed by atoms with van der Waals surface area (Å²) in [5.41, 5.74) is 0.268. The zero-order valence-electron chi connectivity index (χ0n) is 10.8. The molecular formula is C11H16BrN3O4. The molecule has 0 aliphatic carbocycles. The minimum absolute atomic E-state index is 0.108. The summed E-state index contributed by atoms with van der Waals surface area (Å²) in [6.07, 6.45) is 0.714. The van der Waals surface area contributed by atoms with E-state index >= 15 is 0 Å². The third-order valence-corrected chi connectivity index (χ3v) is 3.33. The van der Waals surface area contributed by atoms with Gasteiger partial charge in [0.1, 0.15) is 0 Å². The number of aromatic nitrogens is 1. The second-order valence-electron chi connectivity index (χ2n) is 3.99. The Balaban J connectivity index is 2.52. The number of nitrogens with one attached hydrogen (secondary N) is 1. The van der Waals surface area contributed by atoms with Crippen LogP contribution in [0.4, 0.5) is 5.82 Å². The molecule has 0 aromatic carbocycles. The second-order valence-corrected chi connectivity index (χ2v) is 5.29. The van der Waals surface area contributed by atoms with Gasteiger partial charge in [-0.15, -0.1) is 0 Å². The minimum Gasteiger partial charge on any atom is -0.384 e. The molecule has 0 saturated carbocycles. The molecule has 8 heteroatoms. The summed E-state index contributed by atoms with van der Waals surface area (Å²) >= 11 is 3.41. The molecule has 0 saturated heterocycles. The molecule has 0 radical (unpaired) electrons. The number of methoxy groups -OCH3 is 1. The van der Waals surface area contributed by atoms with Gasteiger partial charge in [-0.3, -0.25) is 4.79 Å². The SMILES string of the molecule is COCC(Br)CCNC(=O)c1ccc([N+](=O)[O-])n1C. The van der Waals surface area contributed by atoms with Crippen molar-refractivity contribution in [2.24, 2.45) is 7.05 Å². The van der Waals surface area contributed by atoms with E-state index in [-0.39, 0.29) is 22.2 Å². The number of amides is 1. The number of nitro groups is 1. The molecule has 1 heterocycles. The Kier molecular flexibility index (Phi) is 5.97. The van der Waals surface area contributed by atoms with Crippen molar-refractivity contribution in [3.05, 3.63) is 27.9 Å². The summed E-state index contributed by atoms with van der Waals surface area (Å²) in [7, 11) is 3.10. The zero-order chi connectivity index (χ0) is 14.4. The number of halogens is 1. The average molecular weight is 334 g/mol. The molecule has 1 amide bonds. The fourth-order valence-electron chi connectivity index (χ4n) is 1.61. The van der Waals surface area contributed by atoms with E-state index in [1.165, 1.54) is 23.7 Å². The Morgan fingerprint density at radius 3 is 2.84 bits per heavy atom. The van der Waals surface area contributed by atoms with E-state index in [1.807, 2.05) is 0 Å². The molecule has 0 aliphatic heterocycles. The van der Waals surface area contributed by atoms with Crippen molar-refractivity contribution in [3.8, 4) is 0 Å². The van der Waals surface area contributed by atoms with E-state index in [0.29, 0.717) is 19.6 Å². The molecule has 1 rings (SSSR count). The molecule has 0 aliphatic rings. The highest BCUT2D eigenvalue weighted by Crippen LogP contribution is 2.14. The molecule has 7 nitrogen and oxygen atoms in total. The van der Waals surface area contributed by atoms with Crippen molar-refractivity contribution in [2.45, 2.75) is 11.2 Å². The normalized spacial score (nSPS) is 12.2. The molecule has 0 fully saturated rings. The predicted octanol–water partition coefficient (Wildman–Crippen LogP) is 1.46. The number of alkyl halides is 1. The Bertz CT molecular complexity index is 461. The summed E-state index contributed by atoms with van der Waals surface area (Å²) in [4.78, 5) is 22.1. The molecule has 19 heavy (non-hydrogen) atoms. The molecule has 1 aromatic rings. The molecular weight excluding hydrogens is 318 g/mol. The van der Waals surface area contributed by atoms with Gasteiger partial charge in [0.05, 0.1) is 13.7 Å². The third kappa shape index (κ3) is 4.32. The van der Waals surface area contributed by atoms with Gasteiger partial charge in [-0.2, -0.15) is 0 Å². The van der Waals surface area contributed by atoms with E-state index in [4.69, 9.17) is 4.74 Å². The summed E-state index contributed by atoms with van der Waals surface area (Å²) in [5.74, 6) is -0.435. The molecule has 1 N–H and O–H groups in total. The van der Waals surface area contributed by atoms with Crippen LogP contribution >= 0.6 is 15.9 Å². The Morgan fingerprint density at radius 1 is 1.63 bits per heavy atom. The van der Waals surface area contributed by atoms with E-state index in [9.17, 15) is 14.9 Å². The van der Waals surface area contributed by atoms with Crippen LogP contribution in [0.3, 0.4) is 0 Å². The first-order chi connectivity index (χ1) is 8.97. The Hall–Kier alpha value is -1.41. The van der Waals surface area contributed by atoms with Crippen molar-refractivity contribution < 1.29 is 14.5 Å². The van der Waals surface area contributed by atoms with Crippen molar-refractivity contribution in [1.29, 1.82) is 0 Å². The molecule has 0 spiro atoms. The van der Waals surface area contributed by atoms with Crippen LogP contribution in [0, 0.1) is 10.1 Å². The monoisotopic (exact) mass is 333 g/mol. The zero-order valence-corrected chi connectivity index (χ0v) is 12.3. The highest BCUT2D eigenvalue weighted by molar-refractivity contribution is 9.09. The van der Waals surface area contributed by atoms with Crippen molar-refractivity contribution in [3.63, 3.8) is 0 Å². The fraction of sp³-hybridized carbons (Fsp3) is 0.545. The summed E-state index contributed by atoms with van der Waals surface area (Å²) in [6, 6.07) is 2.75. The number of ether oxygens (including phenoxy) is 1. The van der Waals surface area contributed by atoms with Gasteiger partial charge in [0.2, 0.25) is 0 Å². The number of rotatable bonds is 7. The van der Waals surface area contributed by atoms with Gasteiger partial charge in [-0.1, -0.05) is 15.9 Å². The predicted molar refractivity (Wildman–Crippen MR) is 73.6 cm³/mol. The quantitative estimate of drug-likeness (QED) is 0.465. The van der Waals surface area contributed by atoms with Gasteiger partial charge in [-0.05, 0) is 17.4 Å². The minimum atomic E-state index is -0.524. The number of carbonyl (C=O) groups is 1. The first-order valence-electron chi connectivity index (χ1n) is 5.68. The second kappa shape index (κ2) is 7.25. The van der Waals surface area contributed by atoms with Crippen LogP contribution in [-0.4, -0.2) is 40.5 Å². The van der Waals surface area contributed by atoms with E-state index in [1.54, 1.807) is 7.11 Å². The Labute approximate surface area is 119 Å². The van der Waals surface area contributed by atoms with E-state index < -0.39 is 4.92 Å². The maximum absolute atomic E-state index is 11.8. The van der Waals surface area contributed by atoms with Gasteiger partial charge in [0.15, 0.2) is 5.69 Å². The van der Waals surface area contributed by atoms with Crippen LogP contribution in [0.25, 0.3) is 0 Å². The van der Waals surface area contributed by atoms with Gasteiger partial charge in [0, 0.05) is 24.5 Å². The lowest BCUT2D eigenvalue weighted by Crippen LogP contribution is -2.28. The summed E-state index contributed by atoms with van der Waals surface area (Å²) in [6.45, 7) is 1.03. The maximum atomic E-state index is 11.8. The van der Waals surface area contributed by atoms with Crippen molar-refractivity contribution >= 4 is 27.7 Å². The fourth-order valence-corrected chi connectivity index (χ4v) is 2.10. The van der Waals surface area contributed by atoms with Crippen LogP contribution in [0.1, 0.15) is 16.9 Å². The summed E-state index contributed by atoms with van der Waals surface area (Å²) < 4.78 is 6.22. The number of hydrogen-bond donors (Lipinski definition) is 1. The number of nitrogens with zero attached hydrogens (tertiary/aromatic N) is 2. The van der Waals surface area contributed by atoms with Gasteiger partial charge in [0.25, 0.3) is 5.91 Å². The average Bonchev–Trinajstić information content (AvgIpc) is 2.71. The molecule has 1 aromatic heterocycles. The lowest BCUT2D eigenvalue weighted by molar-refractivity contribution is -0.391. The lowest BCUT2D eigenvalue weighted by Gasteiger charge is -2.08. The first kappa shape index (κ1) is 15.6. The van der Waals surface area contributed by atoms with Gasteiger partial charge >= 0.3 is 5.82 Å². The highest BCUT2D eigenvalue weighted by atomic mass is 79.9. The maximum Gasteiger partial charge on any atom is 0.323 e. The van der Waals surface area contributed by atoms with Crippen LogP contribution in [0.15, 0.2) is 12.1 Å². The molecule has 106 valence electrons. The first-order valence-corrected chi connectivity index (χ1v) is 6.60. The largest absolute Gasteiger partial charge is 0.384 e. The van der Waals surface area contributed by atoms with Gasteiger partial charge < -0.3 is 20.2 Å². The number of carbonyl (C=O) groups excluding carboxylic acids is 1. The third-order valence-electron chi connectivity index (χ3n) is 2.61. The Morgan fingerprint density at radius 2 is 2.32 bits per heavy atom. The lowest BCUT2D eigenvalue weighted by atomic mass is 10.3. The standard InChI is InChI=1S/C11H16BrN3O4/c1-14-9(3-4-10(14)15(17)18)11(16)13-6-5-8(12)7-19-2/h3-4,8H,5-7H2,1-2H3,(H,13,16). The smallest absolute Gasteiger partial charge is 0.323 e. The van der Waals surface area contributed by atoms with Crippen LogP contribution in [0.2, 0.25) is 0 Å². The van der Waals surface area contributed by atoms with E-state index in [0.717, 1.165) is 0 Å². The van der Waals surface area contributed by atoms with Crippen LogP contribution in [0.5, 0.6) is 0 Å². The van der Waals surface area contributed by atoms with E-state index in [2.05, 4.69) is 21.2 Å². The highest BCUT2D eigenvalue weighted by Gasteiger charge is 2.20. The number of hydrogen-bond acceptors (Lipinski definition) is 4.